The Morgan fingerprint density at radius 2 is 1.40 bits per heavy atom. The summed E-state index contributed by atoms with van der Waals surface area (Å²) in [6, 6.07) is 3.93. The van der Waals surface area contributed by atoms with Gasteiger partial charge >= 0.3 is 0 Å². The number of aryl methyl sites for hydroxylation is 3. The highest BCUT2D eigenvalue weighted by atomic mass is 32.2. The second-order valence-corrected chi connectivity index (χ2v) is 12.2. The Morgan fingerprint density at radius 3 is 1.93 bits per heavy atom. The maximum Gasteiger partial charge on any atom is 0.243 e. The van der Waals surface area contributed by atoms with E-state index >= 15 is 0 Å². The van der Waals surface area contributed by atoms with Crippen molar-refractivity contribution in [1.82, 2.24) is 9.21 Å². The van der Waals surface area contributed by atoms with Gasteiger partial charge in [-0.2, -0.15) is 4.31 Å². The Bertz CT molecular complexity index is 849. The molecule has 4 rings (SSSR count). The van der Waals surface area contributed by atoms with Crippen LogP contribution in [0.2, 0.25) is 0 Å². The van der Waals surface area contributed by atoms with Gasteiger partial charge in [0.2, 0.25) is 10.0 Å². The first-order valence-corrected chi connectivity index (χ1v) is 13.1. The lowest BCUT2D eigenvalue weighted by molar-refractivity contribution is -0.0625. The third-order valence-electron chi connectivity index (χ3n) is 7.94. The third-order valence-corrected chi connectivity index (χ3v) is 10.1. The summed E-state index contributed by atoms with van der Waals surface area (Å²) in [5.41, 5.74) is 2.45. The van der Waals surface area contributed by atoms with E-state index in [4.69, 9.17) is 0 Å². The van der Waals surface area contributed by atoms with Crippen molar-refractivity contribution in [2.75, 3.05) is 32.7 Å². The van der Waals surface area contributed by atoms with Crippen molar-refractivity contribution in [3.05, 3.63) is 28.8 Å². The smallest absolute Gasteiger partial charge is 0.243 e. The van der Waals surface area contributed by atoms with Crippen LogP contribution >= 0.6 is 0 Å². The van der Waals surface area contributed by atoms with Crippen molar-refractivity contribution in [3.8, 4) is 0 Å². The molecule has 0 radical (unpaired) electrons. The fraction of sp³-hybridized carbons (Fsp3) is 0.750. The second kappa shape index (κ2) is 8.19. The molecule has 1 N–H and O–H groups in total. The Morgan fingerprint density at radius 1 is 0.867 bits per heavy atom. The van der Waals surface area contributed by atoms with E-state index in [0.717, 1.165) is 74.8 Å². The minimum absolute atomic E-state index is 0.209. The van der Waals surface area contributed by atoms with Crippen LogP contribution < -0.4 is 0 Å². The van der Waals surface area contributed by atoms with Crippen LogP contribution in [0.25, 0.3) is 0 Å². The molecule has 2 aliphatic heterocycles. The number of rotatable bonds is 4. The fourth-order valence-corrected chi connectivity index (χ4v) is 8.02. The number of hydrogen-bond donors (Lipinski definition) is 1. The number of hydrogen-bond acceptors (Lipinski definition) is 4. The Balaban J connectivity index is 1.39. The number of aliphatic hydroxyl groups is 1. The zero-order chi connectivity index (χ0) is 21.6. The van der Waals surface area contributed by atoms with Crippen LogP contribution in [0.3, 0.4) is 0 Å². The lowest BCUT2D eigenvalue weighted by atomic mass is 9.64. The van der Waals surface area contributed by atoms with Crippen LogP contribution in [0.5, 0.6) is 0 Å². The molecule has 1 aromatic rings. The molecule has 6 heteroatoms. The van der Waals surface area contributed by atoms with Gasteiger partial charge in [0.05, 0.1) is 10.5 Å². The van der Waals surface area contributed by atoms with E-state index in [0.29, 0.717) is 18.0 Å². The molecule has 3 aliphatic rings. The summed E-state index contributed by atoms with van der Waals surface area (Å²) in [5, 5.41) is 11.1. The fourth-order valence-electron chi connectivity index (χ4n) is 6.16. The molecular weight excluding hydrogens is 396 g/mol. The predicted octanol–water partition coefficient (Wildman–Crippen LogP) is 3.78. The van der Waals surface area contributed by atoms with Gasteiger partial charge in [0.1, 0.15) is 0 Å². The van der Waals surface area contributed by atoms with E-state index in [1.54, 1.807) is 4.31 Å². The van der Waals surface area contributed by atoms with E-state index in [9.17, 15) is 13.5 Å². The molecule has 1 aliphatic carbocycles. The summed E-state index contributed by atoms with van der Waals surface area (Å²) >= 11 is 0. The summed E-state index contributed by atoms with van der Waals surface area (Å²) in [6.07, 6.45) is 8.08. The number of β-amino-alcohol motifs (C(OH)–C–C–N with tert-alkyl or cyclic N) is 1. The van der Waals surface area contributed by atoms with Gasteiger partial charge in [0, 0.05) is 19.6 Å². The number of sulfonamides is 1. The van der Waals surface area contributed by atoms with Crippen LogP contribution in [0, 0.1) is 26.2 Å². The zero-order valence-corrected chi connectivity index (χ0v) is 19.7. The van der Waals surface area contributed by atoms with Gasteiger partial charge in [0.15, 0.2) is 0 Å². The highest BCUT2D eigenvalue weighted by Gasteiger charge is 2.45. The number of nitrogens with zero attached hydrogens (tertiary/aromatic N) is 2. The number of piperidine rings is 1. The first-order chi connectivity index (χ1) is 14.1. The van der Waals surface area contributed by atoms with Crippen LogP contribution in [0.15, 0.2) is 17.0 Å². The van der Waals surface area contributed by atoms with Crippen molar-refractivity contribution in [2.45, 2.75) is 82.6 Å². The standard InChI is InChI=1S/C24H38N2O3S/c1-19-16-20(2)22(21(3)17-19)30(28,29)26-14-10-23(11-15-26)6-8-24(27,9-7-23)18-25-12-4-5-13-25/h16-17,27H,4-15,18H2,1-3H3. The highest BCUT2D eigenvalue weighted by Crippen LogP contribution is 2.48. The van der Waals surface area contributed by atoms with Gasteiger partial charge in [-0.25, -0.2) is 8.42 Å². The van der Waals surface area contributed by atoms with Crippen LogP contribution in [-0.4, -0.2) is 61.1 Å². The topological polar surface area (TPSA) is 60.9 Å². The van der Waals surface area contributed by atoms with Crippen molar-refractivity contribution >= 4 is 10.0 Å². The molecule has 1 aromatic carbocycles. The summed E-state index contributed by atoms with van der Waals surface area (Å²) in [4.78, 5) is 2.91. The molecule has 168 valence electrons. The third kappa shape index (κ3) is 4.34. The molecule has 1 saturated carbocycles. The van der Waals surface area contributed by atoms with Gasteiger partial charge in [-0.15, -0.1) is 0 Å². The van der Waals surface area contributed by atoms with E-state index in [2.05, 4.69) is 4.90 Å². The van der Waals surface area contributed by atoms with Crippen molar-refractivity contribution < 1.29 is 13.5 Å². The zero-order valence-electron chi connectivity index (χ0n) is 18.9. The van der Waals surface area contributed by atoms with Crippen molar-refractivity contribution in [3.63, 3.8) is 0 Å². The quantitative estimate of drug-likeness (QED) is 0.783. The maximum absolute atomic E-state index is 13.4. The van der Waals surface area contributed by atoms with E-state index in [-0.39, 0.29) is 5.41 Å². The first-order valence-electron chi connectivity index (χ1n) is 11.7. The van der Waals surface area contributed by atoms with Gasteiger partial charge in [-0.1, -0.05) is 17.7 Å². The average molecular weight is 435 g/mol. The summed E-state index contributed by atoms with van der Waals surface area (Å²) in [6.45, 7) is 10.1. The molecule has 0 amide bonds. The second-order valence-electron chi connectivity index (χ2n) is 10.3. The summed E-state index contributed by atoms with van der Waals surface area (Å²) in [5.74, 6) is 0. The van der Waals surface area contributed by atoms with Crippen LogP contribution in [-0.2, 0) is 10.0 Å². The highest BCUT2D eigenvalue weighted by molar-refractivity contribution is 7.89. The van der Waals surface area contributed by atoms with Crippen LogP contribution in [0.4, 0.5) is 0 Å². The Kier molecular flexibility index (Phi) is 6.08. The molecule has 1 spiro atoms. The van der Waals surface area contributed by atoms with Crippen molar-refractivity contribution in [2.24, 2.45) is 5.41 Å². The number of likely N-dealkylation sites (tertiary alicyclic amines) is 1. The average Bonchev–Trinajstić information content (AvgIpc) is 3.17. The Hall–Kier alpha value is -0.950. The van der Waals surface area contributed by atoms with E-state index < -0.39 is 15.6 Å². The van der Waals surface area contributed by atoms with Gasteiger partial charge in [0.25, 0.3) is 0 Å². The molecule has 2 heterocycles. The van der Waals surface area contributed by atoms with Crippen molar-refractivity contribution in [1.29, 1.82) is 0 Å². The van der Waals surface area contributed by atoms with Gasteiger partial charge < -0.3 is 10.0 Å². The minimum atomic E-state index is -3.46. The SMILES string of the molecule is Cc1cc(C)c(S(=O)(=O)N2CCC3(CC2)CCC(O)(CN2CCCC2)CC3)c(C)c1. The molecule has 3 fully saturated rings. The van der Waals surface area contributed by atoms with E-state index in [1.165, 1.54) is 12.8 Å². The lowest BCUT2D eigenvalue weighted by Gasteiger charge is -2.48. The van der Waals surface area contributed by atoms with Gasteiger partial charge in [-0.3, -0.25) is 0 Å². The predicted molar refractivity (Wildman–Crippen MR) is 120 cm³/mol. The molecule has 0 aromatic heterocycles. The van der Waals surface area contributed by atoms with E-state index in [1.807, 2.05) is 32.9 Å². The molecule has 30 heavy (non-hydrogen) atoms. The molecule has 0 bridgehead atoms. The molecule has 5 nitrogen and oxygen atoms in total. The normalized spacial score (nSPS) is 25.1. The largest absolute Gasteiger partial charge is 0.389 e. The molecular formula is C24H38N2O3S. The maximum atomic E-state index is 13.4. The lowest BCUT2D eigenvalue weighted by Crippen LogP contribution is -2.50. The first kappa shape index (κ1) is 22.3. The van der Waals surface area contributed by atoms with Crippen LogP contribution in [0.1, 0.15) is 68.1 Å². The molecule has 2 saturated heterocycles. The summed E-state index contributed by atoms with van der Waals surface area (Å²) in [7, 11) is -3.46. The Labute approximate surface area is 182 Å². The monoisotopic (exact) mass is 434 g/mol. The minimum Gasteiger partial charge on any atom is -0.389 e. The molecule has 0 unspecified atom stereocenters. The summed E-state index contributed by atoms with van der Waals surface area (Å²) < 4.78 is 28.5. The van der Waals surface area contributed by atoms with Gasteiger partial charge in [-0.05, 0) is 102 Å². The molecule has 0 atom stereocenters. The number of benzene rings is 1.